The third kappa shape index (κ3) is 5.31. The van der Waals surface area contributed by atoms with Crippen molar-refractivity contribution in [1.82, 2.24) is 4.90 Å². The number of nitrogens with zero attached hydrogens (tertiary/aromatic N) is 1. The zero-order chi connectivity index (χ0) is 16.9. The Morgan fingerprint density at radius 2 is 1.91 bits per heavy atom. The van der Waals surface area contributed by atoms with E-state index in [9.17, 15) is 9.59 Å². The minimum Gasteiger partial charge on any atom is -0.468 e. The summed E-state index contributed by atoms with van der Waals surface area (Å²) in [6.45, 7) is 7.80. The molecule has 0 unspecified atom stereocenters. The maximum Gasteiger partial charge on any atom is 0.319 e. The van der Waals surface area contributed by atoms with E-state index in [0.717, 1.165) is 5.56 Å². The molecular weight excluding hydrogens is 304 g/mol. The summed E-state index contributed by atoms with van der Waals surface area (Å²) in [7, 11) is 1.33. The molecule has 0 radical (unpaired) electrons. The van der Waals surface area contributed by atoms with Crippen LogP contribution in [0.2, 0.25) is 5.02 Å². The van der Waals surface area contributed by atoms with E-state index < -0.39 is 0 Å². The zero-order valence-electron chi connectivity index (χ0n) is 13.7. The molecule has 0 bridgehead atoms. The highest BCUT2D eigenvalue weighted by Gasteiger charge is 2.26. The number of amides is 1. The van der Waals surface area contributed by atoms with Gasteiger partial charge in [-0.3, -0.25) is 14.5 Å². The number of nitrogens with one attached hydrogen (secondary N) is 1. The number of ether oxygens (including phenoxy) is 1. The molecule has 0 heterocycles. The van der Waals surface area contributed by atoms with Crippen LogP contribution in [0.3, 0.4) is 0 Å². The Labute approximate surface area is 136 Å². The Bertz CT molecular complexity index is 553. The summed E-state index contributed by atoms with van der Waals surface area (Å²) >= 11 is 6.04. The summed E-state index contributed by atoms with van der Waals surface area (Å²) in [6.07, 6.45) is 0. The Balaban J connectivity index is 2.79. The van der Waals surface area contributed by atoms with Gasteiger partial charge in [-0.2, -0.15) is 0 Å². The summed E-state index contributed by atoms with van der Waals surface area (Å²) < 4.78 is 4.68. The van der Waals surface area contributed by atoms with Crippen molar-refractivity contribution in [1.29, 1.82) is 0 Å². The number of rotatable bonds is 5. The topological polar surface area (TPSA) is 58.6 Å². The third-order valence-corrected chi connectivity index (χ3v) is 3.78. The molecule has 0 aliphatic carbocycles. The SMILES string of the molecule is COC(=O)CN(CC(=O)Nc1cccc(Cl)c1C)C(C)(C)C. The predicted octanol–water partition coefficient (Wildman–Crippen LogP) is 2.86. The number of carbonyl (C=O) groups is 2. The van der Waals surface area contributed by atoms with Crippen molar-refractivity contribution in [3.05, 3.63) is 28.8 Å². The average Bonchev–Trinajstić information content (AvgIpc) is 2.42. The van der Waals surface area contributed by atoms with Gasteiger partial charge in [-0.1, -0.05) is 17.7 Å². The van der Waals surface area contributed by atoms with Gasteiger partial charge in [0.1, 0.15) is 0 Å². The van der Waals surface area contributed by atoms with Gasteiger partial charge in [-0.25, -0.2) is 0 Å². The van der Waals surface area contributed by atoms with E-state index in [0.29, 0.717) is 10.7 Å². The molecule has 0 aliphatic rings. The monoisotopic (exact) mass is 326 g/mol. The fraction of sp³-hybridized carbons (Fsp3) is 0.500. The number of anilines is 1. The van der Waals surface area contributed by atoms with E-state index in [2.05, 4.69) is 10.1 Å². The van der Waals surface area contributed by atoms with Gasteiger partial charge in [0.05, 0.1) is 20.2 Å². The van der Waals surface area contributed by atoms with Crippen molar-refractivity contribution >= 4 is 29.2 Å². The quantitative estimate of drug-likeness (QED) is 0.845. The molecule has 1 amide bonds. The Morgan fingerprint density at radius 1 is 1.27 bits per heavy atom. The second-order valence-electron chi connectivity index (χ2n) is 6.06. The molecule has 22 heavy (non-hydrogen) atoms. The molecule has 1 N–H and O–H groups in total. The summed E-state index contributed by atoms with van der Waals surface area (Å²) in [5.41, 5.74) is 1.15. The van der Waals surface area contributed by atoms with Crippen LogP contribution in [0.25, 0.3) is 0 Å². The summed E-state index contributed by atoms with van der Waals surface area (Å²) in [5, 5.41) is 3.42. The van der Waals surface area contributed by atoms with Crippen molar-refractivity contribution < 1.29 is 14.3 Å². The van der Waals surface area contributed by atoms with E-state index >= 15 is 0 Å². The molecule has 0 saturated heterocycles. The van der Waals surface area contributed by atoms with Crippen molar-refractivity contribution in [2.24, 2.45) is 0 Å². The molecular formula is C16H23ClN2O3. The standard InChI is InChI=1S/C16H23ClN2O3/c1-11-12(17)7-6-8-13(11)18-14(20)9-19(16(2,3)4)10-15(21)22-5/h6-8H,9-10H2,1-5H3,(H,18,20). The zero-order valence-corrected chi connectivity index (χ0v) is 14.5. The molecule has 0 atom stereocenters. The lowest BCUT2D eigenvalue weighted by Crippen LogP contribution is -2.48. The lowest BCUT2D eigenvalue weighted by molar-refractivity contribution is -0.143. The van der Waals surface area contributed by atoms with Crippen LogP contribution < -0.4 is 5.32 Å². The van der Waals surface area contributed by atoms with Gasteiger partial charge < -0.3 is 10.1 Å². The summed E-state index contributed by atoms with van der Waals surface area (Å²) in [6, 6.07) is 5.34. The molecule has 0 saturated carbocycles. The molecule has 1 aromatic carbocycles. The van der Waals surface area contributed by atoms with E-state index in [1.54, 1.807) is 23.1 Å². The van der Waals surface area contributed by atoms with Gasteiger partial charge in [0.2, 0.25) is 5.91 Å². The minimum absolute atomic E-state index is 0.0575. The molecule has 0 fully saturated rings. The first kappa shape index (κ1) is 18.5. The number of hydrogen-bond donors (Lipinski definition) is 1. The Morgan fingerprint density at radius 3 is 2.45 bits per heavy atom. The smallest absolute Gasteiger partial charge is 0.319 e. The van der Waals surface area contributed by atoms with Crippen molar-refractivity contribution in [2.75, 3.05) is 25.5 Å². The fourth-order valence-electron chi connectivity index (χ4n) is 1.86. The van der Waals surface area contributed by atoms with E-state index in [4.69, 9.17) is 11.6 Å². The van der Waals surface area contributed by atoms with Crippen molar-refractivity contribution in [3.8, 4) is 0 Å². The molecule has 0 spiro atoms. The normalized spacial score (nSPS) is 11.4. The van der Waals surface area contributed by atoms with Crippen LogP contribution in [-0.2, 0) is 14.3 Å². The second kappa shape index (κ2) is 7.61. The molecule has 122 valence electrons. The van der Waals surface area contributed by atoms with Gasteiger partial charge in [-0.15, -0.1) is 0 Å². The van der Waals surface area contributed by atoms with Gasteiger partial charge in [0, 0.05) is 16.2 Å². The van der Waals surface area contributed by atoms with Crippen LogP contribution in [0, 0.1) is 6.92 Å². The summed E-state index contributed by atoms with van der Waals surface area (Å²) in [5.74, 6) is -0.578. The van der Waals surface area contributed by atoms with Crippen molar-refractivity contribution in [3.63, 3.8) is 0 Å². The third-order valence-electron chi connectivity index (χ3n) is 3.37. The maximum absolute atomic E-state index is 12.3. The first-order chi connectivity index (χ1) is 10.1. The van der Waals surface area contributed by atoms with Gasteiger partial charge in [0.25, 0.3) is 0 Å². The molecule has 1 aromatic rings. The van der Waals surface area contributed by atoms with Gasteiger partial charge in [0.15, 0.2) is 0 Å². The number of benzene rings is 1. The van der Waals surface area contributed by atoms with Crippen LogP contribution in [0.5, 0.6) is 0 Å². The van der Waals surface area contributed by atoms with Gasteiger partial charge in [-0.05, 0) is 45.4 Å². The van der Waals surface area contributed by atoms with Crippen LogP contribution in [0.4, 0.5) is 5.69 Å². The molecule has 1 rings (SSSR count). The number of esters is 1. The first-order valence-corrected chi connectivity index (χ1v) is 7.39. The molecule has 5 nitrogen and oxygen atoms in total. The Hall–Kier alpha value is -1.59. The maximum atomic E-state index is 12.3. The molecule has 0 aromatic heterocycles. The average molecular weight is 327 g/mol. The van der Waals surface area contributed by atoms with E-state index in [1.165, 1.54) is 7.11 Å². The minimum atomic E-state index is -0.373. The van der Waals surface area contributed by atoms with Crippen LogP contribution in [0.15, 0.2) is 18.2 Å². The summed E-state index contributed by atoms with van der Waals surface area (Å²) in [4.78, 5) is 25.5. The predicted molar refractivity (Wildman–Crippen MR) is 88.2 cm³/mol. The fourth-order valence-corrected chi connectivity index (χ4v) is 2.03. The number of halogens is 1. The second-order valence-corrected chi connectivity index (χ2v) is 6.47. The van der Waals surface area contributed by atoms with Crippen LogP contribution in [-0.4, -0.2) is 42.5 Å². The van der Waals surface area contributed by atoms with Crippen LogP contribution >= 0.6 is 11.6 Å². The first-order valence-electron chi connectivity index (χ1n) is 7.02. The van der Waals surface area contributed by atoms with Crippen molar-refractivity contribution in [2.45, 2.75) is 33.2 Å². The van der Waals surface area contributed by atoms with Crippen LogP contribution in [0.1, 0.15) is 26.3 Å². The number of carbonyl (C=O) groups excluding carboxylic acids is 2. The molecule has 0 aliphatic heterocycles. The highest BCUT2D eigenvalue weighted by atomic mass is 35.5. The highest BCUT2D eigenvalue weighted by Crippen LogP contribution is 2.23. The Kier molecular flexibility index (Phi) is 6.38. The van der Waals surface area contributed by atoms with E-state index in [1.807, 2.05) is 27.7 Å². The van der Waals surface area contributed by atoms with Gasteiger partial charge >= 0.3 is 5.97 Å². The highest BCUT2D eigenvalue weighted by molar-refractivity contribution is 6.31. The lowest BCUT2D eigenvalue weighted by Gasteiger charge is -2.34. The lowest BCUT2D eigenvalue weighted by atomic mass is 10.1. The largest absolute Gasteiger partial charge is 0.468 e. The molecule has 6 heteroatoms. The van der Waals surface area contributed by atoms with E-state index in [-0.39, 0.29) is 30.5 Å². The number of methoxy groups -OCH3 is 1. The number of hydrogen-bond acceptors (Lipinski definition) is 4.